The fourth-order valence-electron chi connectivity index (χ4n) is 4.84. The van der Waals surface area contributed by atoms with Gasteiger partial charge in [0.2, 0.25) is 5.91 Å². The van der Waals surface area contributed by atoms with Gasteiger partial charge < -0.3 is 0 Å². The maximum atomic E-state index is 12.4. The Labute approximate surface area is 127 Å². The molecule has 1 heterocycles. The molecule has 2 aliphatic carbocycles. The smallest absolute Gasteiger partial charge is 0.226 e. The van der Waals surface area contributed by atoms with Crippen LogP contribution in [-0.2, 0) is 4.79 Å². The first-order chi connectivity index (χ1) is 10.1. The summed E-state index contributed by atoms with van der Waals surface area (Å²) in [6.45, 7) is 9.60. The van der Waals surface area contributed by atoms with Crippen LogP contribution in [0.4, 0.5) is 0 Å². The zero-order valence-corrected chi connectivity index (χ0v) is 12.7. The molecule has 0 spiro atoms. The van der Waals surface area contributed by atoms with Crippen LogP contribution in [0.1, 0.15) is 39.0 Å². The second-order valence-electron chi connectivity index (χ2n) is 6.25. The summed E-state index contributed by atoms with van der Waals surface area (Å²) >= 11 is 0. The van der Waals surface area contributed by atoms with Gasteiger partial charge in [-0.25, -0.2) is 0 Å². The largest absolute Gasteiger partial charge is 0.281 e. The summed E-state index contributed by atoms with van der Waals surface area (Å²) in [6, 6.07) is 0. The Bertz CT molecular complexity index is 595. The monoisotopic (exact) mass is 280 g/mol. The van der Waals surface area contributed by atoms with E-state index in [1.165, 1.54) is 5.57 Å². The zero-order chi connectivity index (χ0) is 15.1. The van der Waals surface area contributed by atoms with E-state index in [2.05, 4.69) is 25.3 Å². The number of amides is 1. The number of carbonyl (C=O) groups is 1. The van der Waals surface area contributed by atoms with Crippen molar-refractivity contribution in [2.24, 2.45) is 5.41 Å². The molecule has 108 valence electrons. The molecule has 2 heteroatoms. The Morgan fingerprint density at radius 1 is 1.38 bits per heavy atom. The number of hydrogen-bond donors (Lipinski definition) is 0. The SMILES string of the molecule is C=CC[C@@]12CCC[C@]1(CC=C)N(C(C)=O)C1=C2C=[C+]C=C1. The number of fused-ring (bicyclic) bond motifs is 2. The van der Waals surface area contributed by atoms with Gasteiger partial charge in [0.05, 0.1) is 22.6 Å². The van der Waals surface area contributed by atoms with Crippen molar-refractivity contribution >= 4 is 5.91 Å². The van der Waals surface area contributed by atoms with Gasteiger partial charge >= 0.3 is 0 Å². The second-order valence-corrected chi connectivity index (χ2v) is 6.25. The van der Waals surface area contributed by atoms with Crippen LogP contribution in [0.25, 0.3) is 0 Å². The molecule has 0 saturated heterocycles. The molecule has 21 heavy (non-hydrogen) atoms. The lowest BCUT2D eigenvalue weighted by Crippen LogP contribution is -2.53. The van der Waals surface area contributed by atoms with Crippen LogP contribution in [0.3, 0.4) is 0 Å². The molecule has 0 aromatic carbocycles. The van der Waals surface area contributed by atoms with Gasteiger partial charge in [0, 0.05) is 13.0 Å². The number of hydrogen-bond acceptors (Lipinski definition) is 1. The van der Waals surface area contributed by atoms with Gasteiger partial charge in [0.15, 0.2) is 5.70 Å². The molecule has 0 aromatic heterocycles. The Hall–Kier alpha value is -1.92. The zero-order valence-electron chi connectivity index (χ0n) is 12.7. The first-order valence-electron chi connectivity index (χ1n) is 7.66. The van der Waals surface area contributed by atoms with E-state index in [-0.39, 0.29) is 16.9 Å². The summed E-state index contributed by atoms with van der Waals surface area (Å²) in [5, 5.41) is 0. The van der Waals surface area contributed by atoms with Gasteiger partial charge in [-0.15, -0.1) is 13.2 Å². The van der Waals surface area contributed by atoms with Crippen molar-refractivity contribution < 1.29 is 4.79 Å². The summed E-state index contributed by atoms with van der Waals surface area (Å²) in [5.74, 6) is 0.122. The Morgan fingerprint density at radius 2 is 2.14 bits per heavy atom. The van der Waals surface area contributed by atoms with Crippen molar-refractivity contribution in [3.63, 3.8) is 0 Å². The van der Waals surface area contributed by atoms with E-state index in [0.29, 0.717) is 0 Å². The summed E-state index contributed by atoms with van der Waals surface area (Å²) in [6.07, 6.45) is 18.2. The number of nitrogens with zero attached hydrogens (tertiary/aromatic N) is 1. The lowest BCUT2D eigenvalue weighted by Gasteiger charge is -2.43. The number of carbonyl (C=O) groups excluding carboxylic acids is 1. The molecule has 0 unspecified atom stereocenters. The Morgan fingerprint density at radius 3 is 2.81 bits per heavy atom. The molecule has 1 aliphatic heterocycles. The molecule has 0 N–H and O–H groups in total. The predicted octanol–water partition coefficient (Wildman–Crippen LogP) is 4.09. The molecule has 3 aliphatic rings. The molecular formula is C19H22NO+. The van der Waals surface area contributed by atoms with Gasteiger partial charge in [0.1, 0.15) is 12.2 Å². The third-order valence-electron chi connectivity index (χ3n) is 5.40. The highest BCUT2D eigenvalue weighted by Gasteiger charge is 2.67. The topological polar surface area (TPSA) is 20.3 Å². The maximum Gasteiger partial charge on any atom is 0.226 e. The van der Waals surface area contributed by atoms with Gasteiger partial charge in [0.25, 0.3) is 0 Å². The molecule has 1 saturated carbocycles. The highest BCUT2D eigenvalue weighted by Crippen LogP contribution is 2.65. The first kappa shape index (κ1) is 14.0. The van der Waals surface area contributed by atoms with Crippen LogP contribution >= 0.6 is 0 Å². The number of rotatable bonds is 4. The normalized spacial score (nSPS) is 32.7. The third-order valence-corrected chi connectivity index (χ3v) is 5.40. The average Bonchev–Trinajstić information content (AvgIpc) is 2.89. The molecule has 2 nitrogen and oxygen atoms in total. The van der Waals surface area contributed by atoms with E-state index in [4.69, 9.17) is 0 Å². The molecule has 0 radical (unpaired) electrons. The van der Waals surface area contributed by atoms with Crippen molar-refractivity contribution in [1.82, 2.24) is 4.90 Å². The van der Waals surface area contributed by atoms with Crippen molar-refractivity contribution in [2.45, 2.75) is 44.6 Å². The molecular weight excluding hydrogens is 258 g/mol. The van der Waals surface area contributed by atoms with Crippen LogP contribution in [0, 0.1) is 11.5 Å². The van der Waals surface area contributed by atoms with Crippen LogP contribution in [0.15, 0.2) is 54.8 Å². The van der Waals surface area contributed by atoms with Gasteiger partial charge in [-0.05, 0) is 32.1 Å². The van der Waals surface area contributed by atoms with Crippen LogP contribution in [0.5, 0.6) is 0 Å². The summed E-state index contributed by atoms with van der Waals surface area (Å²) in [4.78, 5) is 14.5. The van der Waals surface area contributed by atoms with Crippen LogP contribution < -0.4 is 0 Å². The quantitative estimate of drug-likeness (QED) is 0.561. The Balaban J connectivity index is 2.26. The van der Waals surface area contributed by atoms with Crippen LogP contribution in [-0.4, -0.2) is 16.3 Å². The van der Waals surface area contributed by atoms with Gasteiger partial charge in [-0.2, -0.15) is 0 Å². The van der Waals surface area contributed by atoms with E-state index in [1.807, 2.05) is 29.2 Å². The van der Waals surface area contributed by atoms with Crippen molar-refractivity contribution in [2.75, 3.05) is 0 Å². The summed E-state index contributed by atoms with van der Waals surface area (Å²) in [7, 11) is 0. The Kier molecular flexibility index (Phi) is 3.22. The maximum absolute atomic E-state index is 12.4. The standard InChI is InChI=1S/C19H22NO/c1-4-11-18-13-8-14-19(18,12-5-2)20(15(3)21)17-10-7-6-9-16(17)18/h4-5,7,9-10H,1-2,8,11-14H2,3H3/q+1/t18-,19-/m0/s1. The van der Waals surface area contributed by atoms with E-state index in [0.717, 1.165) is 37.8 Å². The molecule has 1 fully saturated rings. The third kappa shape index (κ3) is 1.60. The minimum atomic E-state index is -0.174. The first-order valence-corrected chi connectivity index (χ1v) is 7.66. The van der Waals surface area contributed by atoms with Crippen LogP contribution in [0.2, 0.25) is 0 Å². The molecule has 1 amide bonds. The number of allylic oxidation sites excluding steroid dienone is 5. The summed E-state index contributed by atoms with van der Waals surface area (Å²) in [5.41, 5.74) is 2.12. The fraction of sp³-hybridized carbons (Fsp3) is 0.421. The van der Waals surface area contributed by atoms with Gasteiger partial charge in [-0.1, -0.05) is 12.2 Å². The molecule has 0 bridgehead atoms. The minimum Gasteiger partial charge on any atom is -0.281 e. The van der Waals surface area contributed by atoms with Crippen molar-refractivity contribution in [1.29, 1.82) is 0 Å². The lowest BCUT2D eigenvalue weighted by molar-refractivity contribution is -0.133. The highest BCUT2D eigenvalue weighted by molar-refractivity contribution is 5.80. The van der Waals surface area contributed by atoms with Crippen molar-refractivity contribution in [3.8, 4) is 0 Å². The van der Waals surface area contributed by atoms with E-state index < -0.39 is 0 Å². The fourth-order valence-corrected chi connectivity index (χ4v) is 4.84. The molecule has 3 rings (SSSR count). The van der Waals surface area contributed by atoms with E-state index >= 15 is 0 Å². The minimum absolute atomic E-state index is 0.0261. The van der Waals surface area contributed by atoms with Gasteiger partial charge in [-0.3, -0.25) is 9.69 Å². The highest BCUT2D eigenvalue weighted by atomic mass is 16.2. The average molecular weight is 280 g/mol. The van der Waals surface area contributed by atoms with E-state index in [1.54, 1.807) is 6.92 Å². The lowest BCUT2D eigenvalue weighted by atomic mass is 9.65. The predicted molar refractivity (Wildman–Crippen MR) is 85.1 cm³/mol. The van der Waals surface area contributed by atoms with E-state index in [9.17, 15) is 4.79 Å². The summed E-state index contributed by atoms with van der Waals surface area (Å²) < 4.78 is 0. The van der Waals surface area contributed by atoms with Crippen molar-refractivity contribution in [3.05, 3.63) is 60.9 Å². The molecule has 0 aromatic rings. The molecule has 2 atom stereocenters. The second kappa shape index (κ2) is 4.82.